The minimum Gasteiger partial charge on any atom is -0.368 e. The molecule has 3 atom stereocenters. The van der Waals surface area contributed by atoms with Gasteiger partial charge in [0.05, 0.1) is 6.61 Å². The molecule has 3 heteroatoms. The Morgan fingerprint density at radius 3 is 2.23 bits per heavy atom. The van der Waals surface area contributed by atoms with Crippen LogP contribution in [0.3, 0.4) is 0 Å². The van der Waals surface area contributed by atoms with Crippen LogP contribution in [0.25, 0.3) is 0 Å². The molecule has 0 N–H and O–H groups in total. The van der Waals surface area contributed by atoms with Crippen LogP contribution in [-0.2, 0) is 9.53 Å². The van der Waals surface area contributed by atoms with Crippen molar-refractivity contribution in [1.82, 2.24) is 4.90 Å². The fourth-order valence-electron chi connectivity index (χ4n) is 1.94. The van der Waals surface area contributed by atoms with E-state index in [0.717, 1.165) is 26.1 Å². The van der Waals surface area contributed by atoms with Crippen LogP contribution >= 0.6 is 0 Å². The number of rotatable bonds is 1. The second-order valence-electron chi connectivity index (χ2n) is 4.35. The maximum atomic E-state index is 11.7. The predicted molar refractivity (Wildman–Crippen MR) is 49.3 cm³/mol. The van der Waals surface area contributed by atoms with E-state index in [9.17, 15) is 4.79 Å². The summed E-state index contributed by atoms with van der Waals surface area (Å²) >= 11 is 0. The third-order valence-corrected chi connectivity index (χ3v) is 3.27. The van der Waals surface area contributed by atoms with Crippen molar-refractivity contribution < 1.29 is 9.53 Å². The Bertz CT molecular complexity index is 203. The summed E-state index contributed by atoms with van der Waals surface area (Å²) in [5.41, 5.74) is 0. The Labute approximate surface area is 79.0 Å². The largest absolute Gasteiger partial charge is 0.368 e. The molecule has 3 unspecified atom stereocenters. The van der Waals surface area contributed by atoms with Crippen LogP contribution in [0.2, 0.25) is 0 Å². The lowest BCUT2D eigenvalue weighted by molar-refractivity contribution is -0.155. The van der Waals surface area contributed by atoms with Gasteiger partial charge in [-0.3, -0.25) is 4.79 Å². The highest BCUT2D eigenvalue weighted by Crippen LogP contribution is 2.24. The van der Waals surface area contributed by atoms with Gasteiger partial charge in [-0.05, 0) is 11.8 Å². The first-order chi connectivity index (χ1) is 6.18. The highest BCUT2D eigenvalue weighted by molar-refractivity contribution is 5.81. The first-order valence-corrected chi connectivity index (χ1v) is 5.09. The van der Waals surface area contributed by atoms with Gasteiger partial charge in [0.1, 0.15) is 6.10 Å². The Balaban J connectivity index is 1.91. The fraction of sp³-hybridized carbons (Fsp3) is 0.900. The van der Waals surface area contributed by atoms with Crippen LogP contribution in [0.15, 0.2) is 0 Å². The third-order valence-electron chi connectivity index (χ3n) is 3.27. The van der Waals surface area contributed by atoms with Crippen molar-refractivity contribution in [3.8, 4) is 0 Å². The van der Waals surface area contributed by atoms with E-state index < -0.39 is 0 Å². The number of ether oxygens (including phenoxy) is 1. The van der Waals surface area contributed by atoms with Gasteiger partial charge in [-0.1, -0.05) is 13.8 Å². The van der Waals surface area contributed by atoms with E-state index in [0.29, 0.717) is 11.8 Å². The molecular formula is C10H17NO2. The van der Waals surface area contributed by atoms with E-state index >= 15 is 0 Å². The number of likely N-dealkylation sites (tertiary alicyclic amines) is 1. The van der Waals surface area contributed by atoms with E-state index in [1.54, 1.807) is 0 Å². The fourth-order valence-corrected chi connectivity index (χ4v) is 1.94. The first kappa shape index (κ1) is 9.00. The molecule has 74 valence electrons. The van der Waals surface area contributed by atoms with Crippen LogP contribution in [-0.4, -0.2) is 36.6 Å². The second-order valence-corrected chi connectivity index (χ2v) is 4.35. The summed E-state index contributed by atoms with van der Waals surface area (Å²) in [6.07, 6.45) is 0.801. The minimum atomic E-state index is -0.113. The van der Waals surface area contributed by atoms with Gasteiger partial charge in [-0.25, -0.2) is 0 Å². The van der Waals surface area contributed by atoms with Gasteiger partial charge in [0.15, 0.2) is 0 Å². The van der Waals surface area contributed by atoms with E-state index in [1.165, 1.54) is 0 Å². The van der Waals surface area contributed by atoms with Crippen molar-refractivity contribution in [3.05, 3.63) is 0 Å². The van der Waals surface area contributed by atoms with E-state index in [-0.39, 0.29) is 12.0 Å². The predicted octanol–water partition coefficient (Wildman–Crippen LogP) is 0.890. The van der Waals surface area contributed by atoms with Crippen LogP contribution < -0.4 is 0 Å². The highest BCUT2D eigenvalue weighted by Gasteiger charge is 2.35. The molecule has 2 heterocycles. The van der Waals surface area contributed by atoms with Crippen molar-refractivity contribution in [2.24, 2.45) is 11.8 Å². The maximum Gasteiger partial charge on any atom is 0.251 e. The normalized spacial score (nSPS) is 38.9. The van der Waals surface area contributed by atoms with Crippen LogP contribution in [0.4, 0.5) is 0 Å². The molecule has 2 aliphatic rings. The molecular weight excluding hydrogens is 166 g/mol. The second kappa shape index (κ2) is 3.29. The molecule has 0 spiro atoms. The molecule has 0 saturated carbocycles. The Morgan fingerprint density at radius 2 is 1.85 bits per heavy atom. The molecule has 0 bridgehead atoms. The van der Waals surface area contributed by atoms with Gasteiger partial charge < -0.3 is 9.64 Å². The smallest absolute Gasteiger partial charge is 0.251 e. The van der Waals surface area contributed by atoms with Crippen molar-refractivity contribution in [2.75, 3.05) is 19.7 Å². The molecule has 3 nitrogen and oxygen atoms in total. The van der Waals surface area contributed by atoms with Gasteiger partial charge in [-0.15, -0.1) is 0 Å². The zero-order chi connectivity index (χ0) is 9.42. The van der Waals surface area contributed by atoms with Crippen molar-refractivity contribution >= 4 is 5.91 Å². The Hall–Kier alpha value is -0.570. The van der Waals surface area contributed by atoms with Crippen molar-refractivity contribution in [3.63, 3.8) is 0 Å². The summed E-state index contributed by atoms with van der Waals surface area (Å²) in [6, 6.07) is 0. The van der Waals surface area contributed by atoms with Gasteiger partial charge >= 0.3 is 0 Å². The standard InChI is InChI=1S/C10H17NO2/c1-7-5-11(6-8(7)2)10(12)9-3-4-13-9/h7-9H,3-6H2,1-2H3. The molecule has 0 radical (unpaired) electrons. The number of hydrogen-bond donors (Lipinski definition) is 0. The zero-order valence-corrected chi connectivity index (χ0v) is 8.32. The van der Waals surface area contributed by atoms with Gasteiger partial charge in [-0.2, -0.15) is 0 Å². The molecule has 2 aliphatic heterocycles. The molecule has 2 saturated heterocycles. The maximum absolute atomic E-state index is 11.7. The Kier molecular flexibility index (Phi) is 2.28. The summed E-state index contributed by atoms with van der Waals surface area (Å²) in [7, 11) is 0. The zero-order valence-electron chi connectivity index (χ0n) is 8.32. The molecule has 13 heavy (non-hydrogen) atoms. The number of amides is 1. The topological polar surface area (TPSA) is 29.5 Å². The molecule has 0 aromatic carbocycles. The third kappa shape index (κ3) is 1.57. The van der Waals surface area contributed by atoms with Crippen LogP contribution in [0.5, 0.6) is 0 Å². The Morgan fingerprint density at radius 1 is 1.31 bits per heavy atom. The monoisotopic (exact) mass is 183 g/mol. The number of hydrogen-bond acceptors (Lipinski definition) is 2. The van der Waals surface area contributed by atoms with Crippen molar-refractivity contribution in [2.45, 2.75) is 26.4 Å². The summed E-state index contributed by atoms with van der Waals surface area (Å²) in [5, 5.41) is 0. The average molecular weight is 183 g/mol. The van der Waals surface area contributed by atoms with Crippen LogP contribution in [0, 0.1) is 11.8 Å². The van der Waals surface area contributed by atoms with E-state index in [4.69, 9.17) is 4.74 Å². The number of carbonyl (C=O) groups is 1. The molecule has 0 aromatic heterocycles. The molecule has 0 aromatic rings. The number of carbonyl (C=O) groups excluding carboxylic acids is 1. The van der Waals surface area contributed by atoms with Gasteiger partial charge in [0.25, 0.3) is 5.91 Å². The lowest BCUT2D eigenvalue weighted by Crippen LogP contribution is -2.44. The average Bonchev–Trinajstić information content (AvgIpc) is 2.28. The van der Waals surface area contributed by atoms with Crippen molar-refractivity contribution in [1.29, 1.82) is 0 Å². The summed E-state index contributed by atoms with van der Waals surface area (Å²) in [6.45, 7) is 7.01. The molecule has 1 amide bonds. The molecule has 2 rings (SSSR count). The lowest BCUT2D eigenvalue weighted by atomic mass is 10.0. The quantitative estimate of drug-likeness (QED) is 0.604. The van der Waals surface area contributed by atoms with Gasteiger partial charge in [0, 0.05) is 19.5 Å². The van der Waals surface area contributed by atoms with Crippen LogP contribution in [0.1, 0.15) is 20.3 Å². The SMILES string of the molecule is CC1CN(C(=O)C2CCO2)CC1C. The minimum absolute atomic E-state index is 0.113. The van der Waals surface area contributed by atoms with E-state index in [2.05, 4.69) is 13.8 Å². The number of nitrogens with zero attached hydrogens (tertiary/aromatic N) is 1. The molecule has 0 aliphatic carbocycles. The first-order valence-electron chi connectivity index (χ1n) is 5.09. The lowest BCUT2D eigenvalue weighted by Gasteiger charge is -2.29. The highest BCUT2D eigenvalue weighted by atomic mass is 16.5. The van der Waals surface area contributed by atoms with E-state index in [1.807, 2.05) is 4.90 Å². The molecule has 2 fully saturated rings. The summed E-state index contributed by atoms with van der Waals surface area (Å²) < 4.78 is 5.18. The summed E-state index contributed by atoms with van der Waals surface area (Å²) in [5.74, 6) is 1.50. The summed E-state index contributed by atoms with van der Waals surface area (Å²) in [4.78, 5) is 13.7. The van der Waals surface area contributed by atoms with Gasteiger partial charge in [0.2, 0.25) is 0 Å².